The number of hydrogen-bond donors (Lipinski definition) is 0. The molecule has 1 aliphatic heterocycles. The summed E-state index contributed by atoms with van der Waals surface area (Å²) < 4.78 is 1.85. The van der Waals surface area contributed by atoms with Crippen LogP contribution in [0.1, 0.15) is 50.9 Å². The molecule has 23 heavy (non-hydrogen) atoms. The summed E-state index contributed by atoms with van der Waals surface area (Å²) in [5.41, 5.74) is 2.09. The van der Waals surface area contributed by atoms with Gasteiger partial charge in [0.15, 0.2) is 11.6 Å². The van der Waals surface area contributed by atoms with Gasteiger partial charge >= 0.3 is 0 Å². The molecular weight excluding hydrogens is 286 g/mol. The Balaban J connectivity index is 1.75. The average Bonchev–Trinajstić information content (AvgIpc) is 3.11. The molecule has 0 aliphatic carbocycles. The maximum absolute atomic E-state index is 4.48. The third-order valence-electron chi connectivity index (χ3n) is 4.61. The van der Waals surface area contributed by atoms with Gasteiger partial charge in [0.25, 0.3) is 0 Å². The monoisotopic (exact) mass is 313 g/mol. The number of nitrogens with zero attached hydrogens (tertiary/aromatic N) is 5. The summed E-state index contributed by atoms with van der Waals surface area (Å²) in [5.74, 6) is 2.55. The number of aryl methyl sites for hydroxylation is 2. The van der Waals surface area contributed by atoms with Crippen LogP contribution in [-0.4, -0.2) is 32.6 Å². The van der Waals surface area contributed by atoms with Crippen LogP contribution in [0.25, 0.3) is 5.82 Å². The summed E-state index contributed by atoms with van der Waals surface area (Å²) in [7, 11) is 0. The lowest BCUT2D eigenvalue weighted by Gasteiger charge is -2.26. The lowest BCUT2D eigenvalue weighted by molar-refractivity contribution is 0.493. The molecule has 0 saturated carbocycles. The molecule has 0 N–H and O–H groups in total. The molecule has 0 amide bonds. The summed E-state index contributed by atoms with van der Waals surface area (Å²) in [5, 5.41) is 13.4. The minimum Gasteiger partial charge on any atom is -0.352 e. The molecule has 2 aromatic rings. The van der Waals surface area contributed by atoms with E-state index in [4.69, 9.17) is 0 Å². The molecule has 0 spiro atoms. The fraction of sp³-hybridized carbons (Fsp3) is 0.611. The highest BCUT2D eigenvalue weighted by Crippen LogP contribution is 2.27. The van der Waals surface area contributed by atoms with Crippen molar-refractivity contribution in [1.29, 1.82) is 0 Å². The zero-order chi connectivity index (χ0) is 16.4. The van der Waals surface area contributed by atoms with Crippen molar-refractivity contribution >= 4 is 5.82 Å². The van der Waals surface area contributed by atoms with Crippen LogP contribution in [0.5, 0.6) is 0 Å². The van der Waals surface area contributed by atoms with Crippen molar-refractivity contribution in [2.75, 3.05) is 11.4 Å². The van der Waals surface area contributed by atoms with Gasteiger partial charge in [0, 0.05) is 18.3 Å². The first-order chi connectivity index (χ1) is 11.0. The van der Waals surface area contributed by atoms with Gasteiger partial charge in [-0.15, -0.1) is 10.2 Å². The lowest BCUT2D eigenvalue weighted by Crippen LogP contribution is -2.30. The van der Waals surface area contributed by atoms with E-state index in [0.29, 0.717) is 6.04 Å². The second-order valence-electron chi connectivity index (χ2n) is 7.05. The second kappa shape index (κ2) is 6.69. The largest absolute Gasteiger partial charge is 0.352 e. The summed E-state index contributed by atoms with van der Waals surface area (Å²) in [6.07, 6.45) is 5.05. The fourth-order valence-electron chi connectivity index (χ4n) is 3.41. The van der Waals surface area contributed by atoms with Gasteiger partial charge in [-0.3, -0.25) is 0 Å². The van der Waals surface area contributed by atoms with E-state index in [2.05, 4.69) is 46.2 Å². The Bertz CT molecular complexity index is 644. The van der Waals surface area contributed by atoms with Crippen LogP contribution in [0.3, 0.4) is 0 Å². The molecule has 5 heteroatoms. The minimum atomic E-state index is 0.617. The van der Waals surface area contributed by atoms with Gasteiger partial charge in [-0.05, 0) is 63.6 Å². The average molecular weight is 313 g/mol. The van der Waals surface area contributed by atoms with Gasteiger partial charge in [0.2, 0.25) is 0 Å². The lowest BCUT2D eigenvalue weighted by atomic mass is 10.0. The number of rotatable bonds is 5. The Morgan fingerprint density at radius 1 is 1.17 bits per heavy atom. The molecule has 1 atom stereocenters. The summed E-state index contributed by atoms with van der Waals surface area (Å²) in [6, 6.07) is 6.79. The Morgan fingerprint density at radius 2 is 1.91 bits per heavy atom. The molecule has 0 radical (unpaired) electrons. The third kappa shape index (κ3) is 3.54. The first kappa shape index (κ1) is 16.0. The maximum Gasteiger partial charge on any atom is 0.176 e. The van der Waals surface area contributed by atoms with Crippen LogP contribution < -0.4 is 4.90 Å². The topological polar surface area (TPSA) is 46.8 Å². The van der Waals surface area contributed by atoms with Crippen molar-refractivity contribution in [3.63, 3.8) is 0 Å². The molecular formula is C18H27N5. The normalized spacial score (nSPS) is 18.1. The fourth-order valence-corrected chi connectivity index (χ4v) is 3.41. The predicted octanol–water partition coefficient (Wildman–Crippen LogP) is 3.68. The highest BCUT2D eigenvalue weighted by molar-refractivity contribution is 5.42. The molecule has 2 aromatic heterocycles. The van der Waals surface area contributed by atoms with Gasteiger partial charge in [0.1, 0.15) is 0 Å². The highest BCUT2D eigenvalue weighted by Gasteiger charge is 2.25. The van der Waals surface area contributed by atoms with E-state index in [1.165, 1.54) is 25.7 Å². The predicted molar refractivity (Wildman–Crippen MR) is 93.1 cm³/mol. The van der Waals surface area contributed by atoms with Crippen LogP contribution in [-0.2, 0) is 0 Å². The van der Waals surface area contributed by atoms with E-state index in [9.17, 15) is 0 Å². The number of anilines is 1. The van der Waals surface area contributed by atoms with Crippen molar-refractivity contribution < 1.29 is 0 Å². The van der Waals surface area contributed by atoms with Crippen molar-refractivity contribution in [2.45, 2.75) is 59.4 Å². The summed E-state index contributed by atoms with van der Waals surface area (Å²) >= 11 is 0. The Hall–Kier alpha value is -1.91. The van der Waals surface area contributed by atoms with Gasteiger partial charge in [-0.25, -0.2) is 4.68 Å². The first-order valence-electron chi connectivity index (χ1n) is 8.68. The molecule has 1 fully saturated rings. The third-order valence-corrected chi connectivity index (χ3v) is 4.61. The van der Waals surface area contributed by atoms with E-state index in [1.54, 1.807) is 0 Å². The molecule has 3 heterocycles. The Morgan fingerprint density at radius 3 is 2.52 bits per heavy atom. The molecule has 5 nitrogen and oxygen atoms in total. The van der Waals surface area contributed by atoms with E-state index in [0.717, 1.165) is 35.5 Å². The van der Waals surface area contributed by atoms with E-state index < -0.39 is 0 Å². The van der Waals surface area contributed by atoms with Crippen molar-refractivity contribution in [2.24, 2.45) is 5.92 Å². The van der Waals surface area contributed by atoms with Gasteiger partial charge < -0.3 is 4.90 Å². The zero-order valence-electron chi connectivity index (χ0n) is 14.7. The standard InChI is InChI=1S/C18H27N5/c1-13(2)7-8-16-6-5-11-22(16)17-9-10-18(20-19-17)23-15(4)12-14(3)21-23/h9-10,12-13,16H,5-8,11H2,1-4H3. The summed E-state index contributed by atoms with van der Waals surface area (Å²) in [6.45, 7) is 9.72. The zero-order valence-corrected chi connectivity index (χ0v) is 14.7. The number of aromatic nitrogens is 4. The maximum atomic E-state index is 4.48. The van der Waals surface area contributed by atoms with Crippen molar-refractivity contribution in [3.05, 3.63) is 29.6 Å². The van der Waals surface area contributed by atoms with E-state index >= 15 is 0 Å². The second-order valence-corrected chi connectivity index (χ2v) is 7.05. The van der Waals surface area contributed by atoms with Gasteiger partial charge in [-0.2, -0.15) is 5.10 Å². The first-order valence-corrected chi connectivity index (χ1v) is 8.68. The molecule has 3 rings (SSSR count). The Labute approximate surface area is 138 Å². The van der Waals surface area contributed by atoms with E-state index in [-0.39, 0.29) is 0 Å². The van der Waals surface area contributed by atoms with E-state index in [1.807, 2.05) is 24.6 Å². The van der Waals surface area contributed by atoms with Crippen LogP contribution in [0.4, 0.5) is 5.82 Å². The van der Waals surface area contributed by atoms with Crippen molar-refractivity contribution in [3.8, 4) is 5.82 Å². The van der Waals surface area contributed by atoms with Gasteiger partial charge in [-0.1, -0.05) is 13.8 Å². The van der Waals surface area contributed by atoms with Crippen molar-refractivity contribution in [1.82, 2.24) is 20.0 Å². The van der Waals surface area contributed by atoms with Crippen LogP contribution in [0.15, 0.2) is 18.2 Å². The van der Waals surface area contributed by atoms with Crippen LogP contribution in [0.2, 0.25) is 0 Å². The quantitative estimate of drug-likeness (QED) is 0.844. The van der Waals surface area contributed by atoms with Gasteiger partial charge in [0.05, 0.1) is 5.69 Å². The Kier molecular flexibility index (Phi) is 4.64. The smallest absolute Gasteiger partial charge is 0.176 e. The molecule has 1 saturated heterocycles. The molecule has 0 bridgehead atoms. The molecule has 1 aliphatic rings. The summed E-state index contributed by atoms with van der Waals surface area (Å²) in [4.78, 5) is 2.43. The highest BCUT2D eigenvalue weighted by atomic mass is 15.4. The van der Waals surface area contributed by atoms with Crippen LogP contribution in [0, 0.1) is 19.8 Å². The molecule has 124 valence electrons. The van der Waals surface area contributed by atoms with Crippen LogP contribution >= 0.6 is 0 Å². The minimum absolute atomic E-state index is 0.617. The molecule has 0 aromatic carbocycles. The molecule has 1 unspecified atom stereocenters. The number of hydrogen-bond acceptors (Lipinski definition) is 4. The SMILES string of the molecule is Cc1cc(C)n(-c2ccc(N3CCCC3CCC(C)C)nn2)n1.